The van der Waals surface area contributed by atoms with E-state index in [9.17, 15) is 4.79 Å². The summed E-state index contributed by atoms with van der Waals surface area (Å²) in [5.41, 5.74) is 0.400. The van der Waals surface area contributed by atoms with Crippen molar-refractivity contribution in [2.24, 2.45) is 11.3 Å². The third-order valence-corrected chi connectivity index (χ3v) is 4.95. The Morgan fingerprint density at radius 1 is 1.05 bits per heavy atom. The number of carbonyl (C=O) groups excluding carboxylic acids is 1. The molecule has 0 aromatic heterocycles. The summed E-state index contributed by atoms with van der Waals surface area (Å²) in [4.78, 5) is 12.3. The van der Waals surface area contributed by atoms with E-state index in [-0.39, 0.29) is 5.92 Å². The number of rotatable bonds is 8. The van der Waals surface area contributed by atoms with Crippen LogP contribution in [0, 0.1) is 11.3 Å². The Morgan fingerprint density at radius 2 is 1.63 bits per heavy atom. The highest BCUT2D eigenvalue weighted by atomic mass is 16.1. The summed E-state index contributed by atoms with van der Waals surface area (Å²) in [6.07, 6.45) is 12.2. The van der Waals surface area contributed by atoms with Crippen LogP contribution in [-0.4, -0.2) is 12.5 Å². The standard InChI is InChI=1S/C17H33NO/c1-4-10-15(11-5-2)16(19)18-14-17(6-3)12-8-7-9-13-17/h15H,4-14H2,1-3H3,(H,18,19). The highest BCUT2D eigenvalue weighted by molar-refractivity contribution is 5.78. The molecule has 0 saturated heterocycles. The van der Waals surface area contributed by atoms with Gasteiger partial charge in [0.25, 0.3) is 0 Å². The minimum absolute atomic E-state index is 0.243. The molecule has 19 heavy (non-hydrogen) atoms. The molecule has 1 rings (SSSR count). The van der Waals surface area contributed by atoms with Crippen LogP contribution in [0.3, 0.4) is 0 Å². The van der Waals surface area contributed by atoms with Gasteiger partial charge >= 0.3 is 0 Å². The summed E-state index contributed by atoms with van der Waals surface area (Å²) in [7, 11) is 0. The summed E-state index contributed by atoms with van der Waals surface area (Å²) in [6, 6.07) is 0. The van der Waals surface area contributed by atoms with Gasteiger partial charge in [-0.2, -0.15) is 0 Å². The van der Waals surface area contributed by atoms with Crippen LogP contribution >= 0.6 is 0 Å². The van der Waals surface area contributed by atoms with Crippen molar-refractivity contribution in [2.45, 2.75) is 85.0 Å². The number of hydrogen-bond donors (Lipinski definition) is 1. The minimum atomic E-state index is 0.243. The van der Waals surface area contributed by atoms with Gasteiger partial charge in [-0.3, -0.25) is 4.79 Å². The maximum atomic E-state index is 12.3. The van der Waals surface area contributed by atoms with Crippen LogP contribution in [-0.2, 0) is 4.79 Å². The second kappa shape index (κ2) is 8.60. The fourth-order valence-corrected chi connectivity index (χ4v) is 3.48. The second-order valence-corrected chi connectivity index (χ2v) is 6.41. The van der Waals surface area contributed by atoms with E-state index in [0.717, 1.165) is 32.2 Å². The van der Waals surface area contributed by atoms with Crippen molar-refractivity contribution in [3.8, 4) is 0 Å². The van der Waals surface area contributed by atoms with Gasteiger partial charge in [0, 0.05) is 12.5 Å². The summed E-state index contributed by atoms with van der Waals surface area (Å²) in [6.45, 7) is 7.54. The monoisotopic (exact) mass is 267 g/mol. The first kappa shape index (κ1) is 16.5. The van der Waals surface area contributed by atoms with Crippen molar-refractivity contribution in [2.75, 3.05) is 6.54 Å². The van der Waals surface area contributed by atoms with Crippen LogP contribution in [0.1, 0.15) is 85.0 Å². The molecule has 0 bridgehead atoms. The molecular weight excluding hydrogens is 234 g/mol. The SMILES string of the molecule is CCCC(CCC)C(=O)NCC1(CC)CCCCC1. The third-order valence-electron chi connectivity index (χ3n) is 4.95. The number of nitrogens with one attached hydrogen (secondary N) is 1. The van der Waals surface area contributed by atoms with E-state index in [1.807, 2.05) is 0 Å². The molecule has 0 unspecified atom stereocenters. The normalized spacial score (nSPS) is 18.5. The van der Waals surface area contributed by atoms with Crippen LogP contribution in [0.25, 0.3) is 0 Å². The molecule has 1 N–H and O–H groups in total. The van der Waals surface area contributed by atoms with E-state index in [4.69, 9.17) is 0 Å². The topological polar surface area (TPSA) is 29.1 Å². The summed E-state index contributed by atoms with van der Waals surface area (Å²) < 4.78 is 0. The largest absolute Gasteiger partial charge is 0.355 e. The van der Waals surface area contributed by atoms with Gasteiger partial charge in [0.1, 0.15) is 0 Å². The molecule has 0 spiro atoms. The number of carbonyl (C=O) groups is 1. The Kier molecular flexibility index (Phi) is 7.48. The molecule has 2 heteroatoms. The van der Waals surface area contributed by atoms with Gasteiger partial charge < -0.3 is 5.32 Å². The molecule has 0 radical (unpaired) electrons. The van der Waals surface area contributed by atoms with Gasteiger partial charge in [0.2, 0.25) is 5.91 Å². The molecule has 112 valence electrons. The first-order valence-corrected chi connectivity index (χ1v) is 8.45. The fourth-order valence-electron chi connectivity index (χ4n) is 3.48. The predicted octanol–water partition coefficient (Wildman–Crippen LogP) is 4.68. The van der Waals surface area contributed by atoms with Gasteiger partial charge in [-0.1, -0.05) is 52.9 Å². The van der Waals surface area contributed by atoms with E-state index in [0.29, 0.717) is 11.3 Å². The van der Waals surface area contributed by atoms with E-state index < -0.39 is 0 Å². The van der Waals surface area contributed by atoms with Crippen molar-refractivity contribution < 1.29 is 4.79 Å². The maximum Gasteiger partial charge on any atom is 0.223 e. The lowest BCUT2D eigenvalue weighted by Crippen LogP contribution is -2.41. The van der Waals surface area contributed by atoms with E-state index in [2.05, 4.69) is 26.1 Å². The van der Waals surface area contributed by atoms with Crippen molar-refractivity contribution in [1.29, 1.82) is 0 Å². The lowest BCUT2D eigenvalue weighted by molar-refractivity contribution is -0.126. The maximum absolute atomic E-state index is 12.3. The molecule has 1 aliphatic rings. The highest BCUT2D eigenvalue weighted by Crippen LogP contribution is 2.38. The molecule has 1 aliphatic carbocycles. The predicted molar refractivity (Wildman–Crippen MR) is 82.1 cm³/mol. The van der Waals surface area contributed by atoms with Gasteiger partial charge in [-0.15, -0.1) is 0 Å². The van der Waals surface area contributed by atoms with Gasteiger partial charge in [0.15, 0.2) is 0 Å². The molecule has 0 aromatic carbocycles. The zero-order valence-corrected chi connectivity index (χ0v) is 13.3. The quantitative estimate of drug-likeness (QED) is 0.679. The van der Waals surface area contributed by atoms with Crippen molar-refractivity contribution >= 4 is 5.91 Å². The third kappa shape index (κ3) is 5.16. The Hall–Kier alpha value is -0.530. The molecule has 0 atom stereocenters. The first-order valence-electron chi connectivity index (χ1n) is 8.45. The fraction of sp³-hybridized carbons (Fsp3) is 0.941. The van der Waals surface area contributed by atoms with E-state index >= 15 is 0 Å². The van der Waals surface area contributed by atoms with Crippen molar-refractivity contribution in [3.05, 3.63) is 0 Å². The Bertz CT molecular complexity index is 250. The van der Waals surface area contributed by atoms with Crippen LogP contribution in [0.5, 0.6) is 0 Å². The van der Waals surface area contributed by atoms with Crippen LogP contribution in [0.4, 0.5) is 0 Å². The molecule has 0 aliphatic heterocycles. The average molecular weight is 267 g/mol. The zero-order chi connectivity index (χ0) is 14.1. The van der Waals surface area contributed by atoms with Crippen LogP contribution in [0.15, 0.2) is 0 Å². The average Bonchev–Trinajstić information content (AvgIpc) is 2.45. The summed E-state index contributed by atoms with van der Waals surface area (Å²) in [5.74, 6) is 0.551. The molecule has 2 nitrogen and oxygen atoms in total. The van der Waals surface area contributed by atoms with Crippen molar-refractivity contribution in [3.63, 3.8) is 0 Å². The molecule has 0 aromatic rings. The summed E-state index contributed by atoms with van der Waals surface area (Å²) >= 11 is 0. The molecular formula is C17H33NO. The molecule has 0 heterocycles. The van der Waals surface area contributed by atoms with Gasteiger partial charge in [-0.05, 0) is 37.5 Å². The Labute approximate surface area is 119 Å². The molecule has 1 amide bonds. The van der Waals surface area contributed by atoms with Crippen LogP contribution < -0.4 is 5.32 Å². The lowest BCUT2D eigenvalue weighted by atomic mass is 9.72. The van der Waals surface area contributed by atoms with E-state index in [1.165, 1.54) is 38.5 Å². The molecule has 1 saturated carbocycles. The highest BCUT2D eigenvalue weighted by Gasteiger charge is 2.31. The minimum Gasteiger partial charge on any atom is -0.355 e. The number of amides is 1. The van der Waals surface area contributed by atoms with Gasteiger partial charge in [0.05, 0.1) is 0 Å². The van der Waals surface area contributed by atoms with Gasteiger partial charge in [-0.25, -0.2) is 0 Å². The zero-order valence-electron chi connectivity index (χ0n) is 13.3. The Morgan fingerprint density at radius 3 is 2.11 bits per heavy atom. The molecule has 1 fully saturated rings. The van der Waals surface area contributed by atoms with E-state index in [1.54, 1.807) is 0 Å². The summed E-state index contributed by atoms with van der Waals surface area (Å²) in [5, 5.41) is 3.27. The number of hydrogen-bond acceptors (Lipinski definition) is 1. The lowest BCUT2D eigenvalue weighted by Gasteiger charge is -2.37. The first-order chi connectivity index (χ1) is 9.17. The smallest absolute Gasteiger partial charge is 0.223 e. The van der Waals surface area contributed by atoms with Crippen LogP contribution in [0.2, 0.25) is 0 Å². The second-order valence-electron chi connectivity index (χ2n) is 6.41. The Balaban J connectivity index is 2.45. The van der Waals surface area contributed by atoms with Crippen molar-refractivity contribution in [1.82, 2.24) is 5.32 Å².